The minimum atomic E-state index is 0.0852. The molecule has 0 spiro atoms. The van der Waals surface area contributed by atoms with Crippen LogP contribution in [0.25, 0.3) is 0 Å². The molecule has 4 heteroatoms. The Kier molecular flexibility index (Phi) is 5.16. The highest BCUT2D eigenvalue weighted by atomic mass is 79.9. The molecular formula is C15H16BrNOS. The van der Waals surface area contributed by atoms with Crippen LogP contribution < -0.4 is 5.32 Å². The molecule has 1 amide bonds. The average molecular weight is 338 g/mol. The lowest BCUT2D eigenvalue weighted by molar-refractivity contribution is -0.116. The zero-order chi connectivity index (χ0) is 13.7. The molecule has 1 aromatic carbocycles. The van der Waals surface area contributed by atoms with Crippen LogP contribution in [0.1, 0.15) is 23.3 Å². The predicted molar refractivity (Wildman–Crippen MR) is 84.8 cm³/mol. The number of aryl methyl sites for hydroxylation is 2. The highest BCUT2D eigenvalue weighted by Gasteiger charge is 2.05. The van der Waals surface area contributed by atoms with Gasteiger partial charge >= 0.3 is 0 Å². The van der Waals surface area contributed by atoms with Gasteiger partial charge in [0.05, 0.1) is 0 Å². The van der Waals surface area contributed by atoms with Crippen molar-refractivity contribution in [1.29, 1.82) is 0 Å². The van der Waals surface area contributed by atoms with Gasteiger partial charge in [-0.15, -0.1) is 11.3 Å². The van der Waals surface area contributed by atoms with Gasteiger partial charge in [-0.3, -0.25) is 4.79 Å². The monoisotopic (exact) mass is 337 g/mol. The maximum Gasteiger partial charge on any atom is 0.224 e. The van der Waals surface area contributed by atoms with Gasteiger partial charge in [0.15, 0.2) is 0 Å². The molecule has 2 nitrogen and oxygen atoms in total. The zero-order valence-electron chi connectivity index (χ0n) is 10.8. The lowest BCUT2D eigenvalue weighted by atomic mass is 10.1. The Morgan fingerprint density at radius 1 is 1.37 bits per heavy atom. The lowest BCUT2D eigenvalue weighted by Crippen LogP contribution is -2.12. The molecule has 0 aliphatic rings. The molecule has 2 aromatic rings. The molecule has 1 N–H and O–H groups in total. The number of thiophene rings is 1. The summed E-state index contributed by atoms with van der Waals surface area (Å²) in [6.45, 7) is 1.99. The van der Waals surface area contributed by atoms with E-state index in [2.05, 4.69) is 32.7 Å². The highest BCUT2D eigenvalue weighted by molar-refractivity contribution is 9.10. The van der Waals surface area contributed by atoms with Gasteiger partial charge in [0, 0.05) is 21.5 Å². The summed E-state index contributed by atoms with van der Waals surface area (Å²) in [6, 6.07) is 10.0. The highest BCUT2D eigenvalue weighted by Crippen LogP contribution is 2.20. The summed E-state index contributed by atoms with van der Waals surface area (Å²) in [5, 5.41) is 5.03. The van der Waals surface area contributed by atoms with E-state index in [1.165, 1.54) is 4.88 Å². The average Bonchev–Trinajstić information content (AvgIpc) is 2.86. The van der Waals surface area contributed by atoms with Crippen LogP contribution in [0.4, 0.5) is 5.69 Å². The van der Waals surface area contributed by atoms with Crippen LogP contribution in [0.3, 0.4) is 0 Å². The quantitative estimate of drug-likeness (QED) is 0.835. The largest absolute Gasteiger partial charge is 0.326 e. The van der Waals surface area contributed by atoms with Crippen molar-refractivity contribution in [1.82, 2.24) is 0 Å². The first-order chi connectivity index (χ1) is 9.15. The molecule has 0 unspecified atom stereocenters. The summed E-state index contributed by atoms with van der Waals surface area (Å²) in [6.07, 6.45) is 2.43. The van der Waals surface area contributed by atoms with Crippen molar-refractivity contribution >= 4 is 38.9 Å². The summed E-state index contributed by atoms with van der Waals surface area (Å²) < 4.78 is 1.03. The molecule has 1 aromatic heterocycles. The number of carbonyl (C=O) groups excluding carboxylic acids is 1. The summed E-state index contributed by atoms with van der Waals surface area (Å²) in [4.78, 5) is 13.2. The standard InChI is InChI=1S/C15H16BrNOS/c1-11-10-12(16)7-8-14(11)17-15(18)6-2-4-13-5-3-9-19-13/h3,5,7-10H,2,4,6H2,1H3,(H,17,18). The van der Waals surface area contributed by atoms with Crippen LogP contribution in [0.5, 0.6) is 0 Å². The van der Waals surface area contributed by atoms with Crippen LogP contribution in [-0.2, 0) is 11.2 Å². The first-order valence-corrected chi connectivity index (χ1v) is 7.91. The second-order valence-electron chi connectivity index (χ2n) is 4.44. The maximum atomic E-state index is 11.9. The topological polar surface area (TPSA) is 29.1 Å². The third-order valence-corrected chi connectivity index (χ3v) is 4.30. The van der Waals surface area contributed by atoms with E-state index in [0.717, 1.165) is 28.6 Å². The number of hydrogen-bond acceptors (Lipinski definition) is 2. The van der Waals surface area contributed by atoms with Gasteiger partial charge in [-0.25, -0.2) is 0 Å². The van der Waals surface area contributed by atoms with Gasteiger partial charge in [-0.2, -0.15) is 0 Å². The summed E-state index contributed by atoms with van der Waals surface area (Å²) >= 11 is 5.16. The van der Waals surface area contributed by atoms with Crippen molar-refractivity contribution < 1.29 is 4.79 Å². The molecule has 0 fully saturated rings. The number of carbonyl (C=O) groups is 1. The number of anilines is 1. The molecule has 0 saturated carbocycles. The molecule has 0 aliphatic carbocycles. The van der Waals surface area contributed by atoms with Crippen LogP contribution in [0.2, 0.25) is 0 Å². The smallest absolute Gasteiger partial charge is 0.224 e. The van der Waals surface area contributed by atoms with Crippen molar-refractivity contribution in [3.63, 3.8) is 0 Å². The van der Waals surface area contributed by atoms with E-state index < -0.39 is 0 Å². The van der Waals surface area contributed by atoms with E-state index >= 15 is 0 Å². The Hall–Kier alpha value is -1.13. The van der Waals surface area contributed by atoms with Crippen LogP contribution in [0, 0.1) is 6.92 Å². The van der Waals surface area contributed by atoms with E-state index in [1.54, 1.807) is 11.3 Å². The third kappa shape index (κ3) is 4.48. The van der Waals surface area contributed by atoms with E-state index in [-0.39, 0.29) is 5.91 Å². The normalized spacial score (nSPS) is 10.4. The molecular weight excluding hydrogens is 322 g/mol. The molecule has 0 saturated heterocycles. The third-order valence-electron chi connectivity index (χ3n) is 2.87. The fourth-order valence-corrected chi connectivity index (χ4v) is 3.08. The number of hydrogen-bond donors (Lipinski definition) is 1. The van der Waals surface area contributed by atoms with Crippen LogP contribution in [0.15, 0.2) is 40.2 Å². The van der Waals surface area contributed by atoms with Crippen molar-refractivity contribution in [2.24, 2.45) is 0 Å². The number of halogens is 1. The second kappa shape index (κ2) is 6.87. The van der Waals surface area contributed by atoms with Crippen molar-refractivity contribution in [3.05, 3.63) is 50.6 Å². The Balaban J connectivity index is 1.80. The number of nitrogens with one attached hydrogen (secondary N) is 1. The molecule has 2 rings (SSSR count). The predicted octanol–water partition coefficient (Wildman–Crippen LogP) is 4.78. The summed E-state index contributed by atoms with van der Waals surface area (Å²) in [5.74, 6) is 0.0852. The van der Waals surface area contributed by atoms with Crippen molar-refractivity contribution in [2.75, 3.05) is 5.32 Å². The maximum absolute atomic E-state index is 11.9. The van der Waals surface area contributed by atoms with Crippen molar-refractivity contribution in [3.8, 4) is 0 Å². The van der Waals surface area contributed by atoms with Gasteiger partial charge < -0.3 is 5.32 Å². The summed E-state index contributed by atoms with van der Waals surface area (Å²) in [7, 11) is 0. The van der Waals surface area contributed by atoms with Gasteiger partial charge in [0.25, 0.3) is 0 Å². The Morgan fingerprint density at radius 3 is 2.89 bits per heavy atom. The van der Waals surface area contributed by atoms with Crippen LogP contribution >= 0.6 is 27.3 Å². The number of rotatable bonds is 5. The fourth-order valence-electron chi connectivity index (χ4n) is 1.86. The lowest BCUT2D eigenvalue weighted by Gasteiger charge is -2.08. The van der Waals surface area contributed by atoms with E-state index in [9.17, 15) is 4.79 Å². The Labute approximate surface area is 126 Å². The summed E-state index contributed by atoms with van der Waals surface area (Å²) in [5.41, 5.74) is 1.96. The molecule has 1 heterocycles. The van der Waals surface area contributed by atoms with Crippen molar-refractivity contribution in [2.45, 2.75) is 26.2 Å². The number of benzene rings is 1. The fraction of sp³-hybridized carbons (Fsp3) is 0.267. The molecule has 19 heavy (non-hydrogen) atoms. The first-order valence-electron chi connectivity index (χ1n) is 6.23. The first kappa shape index (κ1) is 14.3. The molecule has 0 aliphatic heterocycles. The number of amides is 1. The molecule has 100 valence electrons. The van der Waals surface area contributed by atoms with Gasteiger partial charge in [-0.1, -0.05) is 22.0 Å². The van der Waals surface area contributed by atoms with Gasteiger partial charge in [0.1, 0.15) is 0 Å². The van der Waals surface area contributed by atoms with Gasteiger partial charge in [0.2, 0.25) is 5.91 Å². The van der Waals surface area contributed by atoms with E-state index in [1.807, 2.05) is 31.2 Å². The Bertz CT molecular complexity index is 551. The minimum Gasteiger partial charge on any atom is -0.326 e. The SMILES string of the molecule is Cc1cc(Br)ccc1NC(=O)CCCc1cccs1. The van der Waals surface area contributed by atoms with E-state index in [0.29, 0.717) is 6.42 Å². The van der Waals surface area contributed by atoms with Crippen LogP contribution in [-0.4, -0.2) is 5.91 Å². The Morgan fingerprint density at radius 2 is 2.21 bits per heavy atom. The molecule has 0 bridgehead atoms. The molecule has 0 atom stereocenters. The van der Waals surface area contributed by atoms with Gasteiger partial charge in [-0.05, 0) is 55.0 Å². The minimum absolute atomic E-state index is 0.0852. The zero-order valence-corrected chi connectivity index (χ0v) is 13.2. The second-order valence-corrected chi connectivity index (χ2v) is 6.39. The van der Waals surface area contributed by atoms with E-state index in [4.69, 9.17) is 0 Å². The molecule has 0 radical (unpaired) electrons.